The highest BCUT2D eigenvalue weighted by Gasteiger charge is 2.22. The summed E-state index contributed by atoms with van der Waals surface area (Å²) >= 11 is 0. The first-order chi connectivity index (χ1) is 10.9. The summed E-state index contributed by atoms with van der Waals surface area (Å²) in [5.74, 6) is 1.85. The first kappa shape index (κ1) is 15.2. The van der Waals surface area contributed by atoms with Crippen molar-refractivity contribution in [2.45, 2.75) is 25.3 Å². The molecule has 1 unspecified atom stereocenters. The average Bonchev–Trinajstić information content (AvgIpc) is 3.10. The molecule has 3 rings (SSSR count). The molecule has 1 atom stereocenters. The number of guanidine groups is 1. The largest absolute Gasteiger partial charge is 0.497 e. The van der Waals surface area contributed by atoms with Gasteiger partial charge in [0.1, 0.15) is 5.75 Å². The maximum atomic E-state index is 5.28. The molecule has 0 aliphatic carbocycles. The molecule has 1 saturated heterocycles. The summed E-state index contributed by atoms with van der Waals surface area (Å²) in [5.41, 5.74) is 1.34. The molecule has 0 bridgehead atoms. The molecule has 1 fully saturated rings. The molecule has 2 aliphatic heterocycles. The van der Waals surface area contributed by atoms with Gasteiger partial charge >= 0.3 is 0 Å². The minimum Gasteiger partial charge on any atom is -0.497 e. The van der Waals surface area contributed by atoms with Gasteiger partial charge in [-0.2, -0.15) is 0 Å². The van der Waals surface area contributed by atoms with Gasteiger partial charge in [0, 0.05) is 13.1 Å². The Morgan fingerprint density at radius 2 is 2.00 bits per heavy atom. The monoisotopic (exact) mass is 302 g/mol. The molecular formula is C17H26N4O. The molecule has 2 aliphatic rings. The quantitative estimate of drug-likeness (QED) is 0.870. The van der Waals surface area contributed by atoms with Crippen LogP contribution in [-0.4, -0.2) is 50.7 Å². The van der Waals surface area contributed by atoms with Crippen LogP contribution in [0.4, 0.5) is 0 Å². The fourth-order valence-corrected chi connectivity index (χ4v) is 3.22. The summed E-state index contributed by atoms with van der Waals surface area (Å²) in [6, 6.07) is 8.86. The van der Waals surface area contributed by atoms with Gasteiger partial charge in [0.05, 0.1) is 19.7 Å². The molecule has 0 aromatic heterocycles. The van der Waals surface area contributed by atoms with Crippen molar-refractivity contribution >= 4 is 5.96 Å². The van der Waals surface area contributed by atoms with Crippen molar-refractivity contribution in [2.24, 2.45) is 4.99 Å². The lowest BCUT2D eigenvalue weighted by Gasteiger charge is -2.35. The van der Waals surface area contributed by atoms with Crippen LogP contribution in [0, 0.1) is 0 Å². The van der Waals surface area contributed by atoms with Gasteiger partial charge in [0.2, 0.25) is 0 Å². The number of hydrogen-bond acceptors (Lipinski definition) is 5. The van der Waals surface area contributed by atoms with E-state index in [1.165, 1.54) is 37.9 Å². The van der Waals surface area contributed by atoms with Crippen LogP contribution in [-0.2, 0) is 0 Å². The van der Waals surface area contributed by atoms with Crippen LogP contribution in [0.25, 0.3) is 0 Å². The maximum Gasteiger partial charge on any atom is 0.191 e. The fraction of sp³-hybridized carbons (Fsp3) is 0.588. The molecule has 0 radical (unpaired) electrons. The number of methoxy groups -OCH3 is 1. The molecule has 5 nitrogen and oxygen atoms in total. The number of likely N-dealkylation sites (tertiary alicyclic amines) is 1. The lowest BCUT2D eigenvalue weighted by atomic mass is 10.0. The lowest BCUT2D eigenvalue weighted by molar-refractivity contribution is 0.164. The number of nitrogens with one attached hydrogen (secondary N) is 2. The van der Waals surface area contributed by atoms with Crippen LogP contribution in [0.5, 0.6) is 5.75 Å². The van der Waals surface area contributed by atoms with E-state index in [0.29, 0.717) is 6.04 Å². The molecule has 0 spiro atoms. The summed E-state index contributed by atoms with van der Waals surface area (Å²) in [4.78, 5) is 7.02. The van der Waals surface area contributed by atoms with Crippen LogP contribution in [0.1, 0.15) is 30.9 Å². The summed E-state index contributed by atoms with van der Waals surface area (Å²) in [6.45, 7) is 5.06. The molecule has 22 heavy (non-hydrogen) atoms. The number of piperidine rings is 1. The Morgan fingerprint density at radius 1 is 1.23 bits per heavy atom. The van der Waals surface area contributed by atoms with Gasteiger partial charge in [-0.15, -0.1) is 0 Å². The van der Waals surface area contributed by atoms with Gasteiger partial charge in [-0.3, -0.25) is 9.89 Å². The van der Waals surface area contributed by atoms with Gasteiger partial charge < -0.3 is 15.4 Å². The van der Waals surface area contributed by atoms with Crippen LogP contribution in [0.15, 0.2) is 29.3 Å². The zero-order valence-corrected chi connectivity index (χ0v) is 13.3. The third kappa shape index (κ3) is 3.71. The first-order valence-electron chi connectivity index (χ1n) is 8.27. The molecule has 0 saturated carbocycles. The van der Waals surface area contributed by atoms with Crippen molar-refractivity contribution < 1.29 is 4.74 Å². The topological polar surface area (TPSA) is 48.9 Å². The third-order valence-corrected chi connectivity index (χ3v) is 4.47. The zero-order chi connectivity index (χ0) is 15.2. The molecule has 2 heterocycles. The van der Waals surface area contributed by atoms with Crippen LogP contribution in [0.2, 0.25) is 0 Å². The van der Waals surface area contributed by atoms with E-state index >= 15 is 0 Å². The Morgan fingerprint density at radius 3 is 2.64 bits per heavy atom. The number of benzene rings is 1. The number of nitrogens with zero attached hydrogens (tertiary/aromatic N) is 2. The highest BCUT2D eigenvalue weighted by atomic mass is 16.5. The molecule has 120 valence electrons. The van der Waals surface area contributed by atoms with Crippen molar-refractivity contribution in [3.63, 3.8) is 0 Å². The van der Waals surface area contributed by atoms with Gasteiger partial charge in [0.15, 0.2) is 5.96 Å². The predicted molar refractivity (Wildman–Crippen MR) is 89.5 cm³/mol. The minimum absolute atomic E-state index is 0.385. The lowest BCUT2D eigenvalue weighted by Crippen LogP contribution is -2.43. The molecule has 2 N–H and O–H groups in total. The number of ether oxygens (including phenoxy) is 1. The van der Waals surface area contributed by atoms with Gasteiger partial charge in [0.25, 0.3) is 0 Å². The molecule has 0 amide bonds. The van der Waals surface area contributed by atoms with Crippen LogP contribution < -0.4 is 15.4 Å². The second-order valence-corrected chi connectivity index (χ2v) is 5.92. The Labute approximate surface area is 132 Å². The Hall–Kier alpha value is -1.75. The van der Waals surface area contributed by atoms with Crippen LogP contribution in [0.3, 0.4) is 0 Å². The van der Waals surface area contributed by atoms with E-state index in [4.69, 9.17) is 4.74 Å². The Bertz CT molecular complexity index is 494. The summed E-state index contributed by atoms with van der Waals surface area (Å²) < 4.78 is 5.28. The smallest absolute Gasteiger partial charge is 0.191 e. The molecule has 1 aromatic rings. The second-order valence-electron chi connectivity index (χ2n) is 5.92. The van der Waals surface area contributed by atoms with E-state index in [0.717, 1.165) is 31.3 Å². The van der Waals surface area contributed by atoms with Gasteiger partial charge in [-0.1, -0.05) is 18.6 Å². The van der Waals surface area contributed by atoms with Crippen molar-refractivity contribution in [3.8, 4) is 5.75 Å². The first-order valence-corrected chi connectivity index (χ1v) is 8.27. The van der Waals surface area contributed by atoms with Crippen molar-refractivity contribution in [2.75, 3.05) is 39.8 Å². The van der Waals surface area contributed by atoms with E-state index < -0.39 is 0 Å². The average molecular weight is 302 g/mol. The van der Waals surface area contributed by atoms with E-state index in [2.05, 4.69) is 44.8 Å². The molecule has 1 aromatic carbocycles. The summed E-state index contributed by atoms with van der Waals surface area (Å²) in [5, 5.41) is 6.76. The standard InChI is InChI=1S/C17H26N4O/c1-22-15-7-5-14(6-8-15)16(21-11-3-2-4-12-21)13-20-17-18-9-10-19-17/h5-8,16H,2-4,9-13H2,1H3,(H2,18,19,20). The SMILES string of the molecule is COc1ccc(C(CNC2=NCCN2)N2CCCCC2)cc1. The highest BCUT2D eigenvalue weighted by molar-refractivity contribution is 5.81. The highest BCUT2D eigenvalue weighted by Crippen LogP contribution is 2.25. The van der Waals surface area contributed by atoms with Crippen molar-refractivity contribution in [3.05, 3.63) is 29.8 Å². The molecule has 5 heteroatoms. The van der Waals surface area contributed by atoms with E-state index in [-0.39, 0.29) is 0 Å². The third-order valence-electron chi connectivity index (χ3n) is 4.47. The maximum absolute atomic E-state index is 5.28. The van der Waals surface area contributed by atoms with E-state index in [1.54, 1.807) is 7.11 Å². The Kier molecular flexibility index (Phi) is 5.16. The van der Waals surface area contributed by atoms with Crippen molar-refractivity contribution in [1.82, 2.24) is 15.5 Å². The van der Waals surface area contributed by atoms with Gasteiger partial charge in [-0.25, -0.2) is 0 Å². The van der Waals surface area contributed by atoms with Gasteiger partial charge in [-0.05, 0) is 43.6 Å². The van der Waals surface area contributed by atoms with E-state index in [1.807, 2.05) is 0 Å². The second kappa shape index (κ2) is 7.49. The predicted octanol–water partition coefficient (Wildman–Crippen LogP) is 1.77. The summed E-state index contributed by atoms with van der Waals surface area (Å²) in [7, 11) is 1.71. The number of aliphatic imine (C=N–C) groups is 1. The van der Waals surface area contributed by atoms with Crippen LogP contribution >= 0.6 is 0 Å². The number of rotatable bonds is 5. The summed E-state index contributed by atoms with van der Waals surface area (Å²) in [6.07, 6.45) is 3.95. The fourth-order valence-electron chi connectivity index (χ4n) is 3.22. The normalized spacial score (nSPS) is 20.1. The van der Waals surface area contributed by atoms with Crippen molar-refractivity contribution in [1.29, 1.82) is 0 Å². The number of hydrogen-bond donors (Lipinski definition) is 2. The van der Waals surface area contributed by atoms with E-state index in [9.17, 15) is 0 Å². The zero-order valence-electron chi connectivity index (χ0n) is 13.3. The Balaban J connectivity index is 1.71. The molecular weight excluding hydrogens is 276 g/mol. The minimum atomic E-state index is 0.385.